The van der Waals surface area contributed by atoms with Gasteiger partial charge in [0.15, 0.2) is 0 Å². The minimum absolute atomic E-state index is 0.280. The zero-order chi connectivity index (χ0) is 16.9. The van der Waals surface area contributed by atoms with Gasteiger partial charge in [0, 0.05) is 38.4 Å². The van der Waals surface area contributed by atoms with Gasteiger partial charge in [0.25, 0.3) is 0 Å². The highest BCUT2D eigenvalue weighted by Crippen LogP contribution is 2.28. The monoisotopic (exact) mass is 329 g/mol. The van der Waals surface area contributed by atoms with Crippen LogP contribution in [0.15, 0.2) is 42.5 Å². The Kier molecular flexibility index (Phi) is 5.36. The summed E-state index contributed by atoms with van der Waals surface area (Å²) in [6.45, 7) is 2.14. The van der Waals surface area contributed by atoms with Gasteiger partial charge in [-0.2, -0.15) is 0 Å². The fraction of sp³-hybridized carbons (Fsp3) is 0.400. The van der Waals surface area contributed by atoms with Gasteiger partial charge >= 0.3 is 0 Å². The van der Waals surface area contributed by atoms with Crippen LogP contribution < -0.4 is 9.64 Å². The van der Waals surface area contributed by atoms with Gasteiger partial charge in [0.05, 0.1) is 13.2 Å². The summed E-state index contributed by atoms with van der Waals surface area (Å²) in [5, 5.41) is 0. The molecule has 0 aromatic heterocycles. The van der Waals surface area contributed by atoms with Gasteiger partial charge < -0.3 is 14.4 Å². The quantitative estimate of drug-likeness (QED) is 0.813. The van der Waals surface area contributed by atoms with E-state index in [1.54, 1.807) is 6.07 Å². The lowest BCUT2D eigenvalue weighted by atomic mass is 10.0. The fourth-order valence-electron chi connectivity index (χ4n) is 2.93. The van der Waals surface area contributed by atoms with Crippen LogP contribution in [-0.4, -0.2) is 33.9 Å². The predicted molar refractivity (Wildman–Crippen MR) is 95.2 cm³/mol. The maximum absolute atomic E-state index is 14.0. The molecular formula is C20H24FNO2. The van der Waals surface area contributed by atoms with Gasteiger partial charge in [-0.1, -0.05) is 12.1 Å². The lowest BCUT2D eigenvalue weighted by Gasteiger charge is -2.22. The van der Waals surface area contributed by atoms with Crippen LogP contribution in [0.2, 0.25) is 0 Å². The van der Waals surface area contributed by atoms with Crippen molar-refractivity contribution >= 4 is 5.69 Å². The molecule has 1 heterocycles. The summed E-state index contributed by atoms with van der Waals surface area (Å²) in [7, 11) is 3.98. The summed E-state index contributed by atoms with van der Waals surface area (Å²) < 4.78 is 25.3. The van der Waals surface area contributed by atoms with Crippen molar-refractivity contribution in [3.05, 3.63) is 48.3 Å². The van der Waals surface area contributed by atoms with Crippen LogP contribution >= 0.6 is 0 Å². The van der Waals surface area contributed by atoms with E-state index in [1.165, 1.54) is 6.07 Å². The summed E-state index contributed by atoms with van der Waals surface area (Å²) in [4.78, 5) is 2.03. The van der Waals surface area contributed by atoms with Gasteiger partial charge in [-0.3, -0.25) is 0 Å². The van der Waals surface area contributed by atoms with Crippen LogP contribution in [0.25, 0.3) is 11.1 Å². The molecule has 24 heavy (non-hydrogen) atoms. The first-order valence-electron chi connectivity index (χ1n) is 8.41. The lowest BCUT2D eigenvalue weighted by Crippen LogP contribution is -2.23. The van der Waals surface area contributed by atoms with E-state index in [1.807, 2.05) is 49.3 Å². The second-order valence-electron chi connectivity index (χ2n) is 6.51. The highest BCUT2D eigenvalue weighted by atomic mass is 19.1. The molecule has 0 radical (unpaired) electrons. The van der Waals surface area contributed by atoms with E-state index in [4.69, 9.17) is 9.47 Å². The van der Waals surface area contributed by atoms with Gasteiger partial charge in [0.2, 0.25) is 0 Å². The summed E-state index contributed by atoms with van der Waals surface area (Å²) in [5.41, 5.74) is 2.89. The summed E-state index contributed by atoms with van der Waals surface area (Å²) in [6.07, 6.45) is 2.17. The molecule has 4 heteroatoms. The van der Waals surface area contributed by atoms with Crippen molar-refractivity contribution in [2.24, 2.45) is 5.92 Å². The molecule has 2 aromatic carbocycles. The van der Waals surface area contributed by atoms with Gasteiger partial charge in [-0.25, -0.2) is 4.39 Å². The van der Waals surface area contributed by atoms with Gasteiger partial charge in [-0.15, -0.1) is 0 Å². The Bertz CT molecular complexity index is 681. The molecule has 1 aliphatic heterocycles. The molecule has 1 saturated heterocycles. The SMILES string of the molecule is CN(C)c1cccc(-c2cc(F)cc(OCC3CCCOC3)c2)c1. The molecule has 0 saturated carbocycles. The zero-order valence-corrected chi connectivity index (χ0v) is 14.3. The normalized spacial score (nSPS) is 17.5. The second kappa shape index (κ2) is 7.67. The fourth-order valence-corrected chi connectivity index (χ4v) is 2.93. The highest BCUT2D eigenvalue weighted by molar-refractivity contribution is 5.69. The molecule has 0 aliphatic carbocycles. The van der Waals surface area contributed by atoms with Crippen LogP contribution in [0.5, 0.6) is 5.75 Å². The summed E-state index contributed by atoms with van der Waals surface area (Å²) in [6, 6.07) is 12.9. The molecule has 1 fully saturated rings. The Labute approximate surface area is 143 Å². The lowest BCUT2D eigenvalue weighted by molar-refractivity contribution is 0.0351. The Morgan fingerprint density at radius 3 is 2.79 bits per heavy atom. The Balaban J connectivity index is 1.77. The van der Waals surface area contributed by atoms with Crippen molar-refractivity contribution in [2.75, 3.05) is 38.8 Å². The summed E-state index contributed by atoms with van der Waals surface area (Å²) >= 11 is 0. The molecule has 0 spiro atoms. The van der Waals surface area contributed by atoms with Crippen LogP contribution in [0.4, 0.5) is 10.1 Å². The average molecular weight is 329 g/mol. The molecule has 0 N–H and O–H groups in total. The number of halogens is 1. The molecule has 3 nitrogen and oxygen atoms in total. The molecule has 128 valence electrons. The summed E-state index contributed by atoms with van der Waals surface area (Å²) in [5.74, 6) is 0.686. The van der Waals surface area contributed by atoms with Crippen LogP contribution in [0, 0.1) is 11.7 Å². The van der Waals surface area contributed by atoms with Crippen molar-refractivity contribution in [2.45, 2.75) is 12.8 Å². The minimum atomic E-state index is -0.280. The Morgan fingerprint density at radius 1 is 1.17 bits per heavy atom. The number of ether oxygens (including phenoxy) is 2. The first kappa shape index (κ1) is 16.8. The molecular weight excluding hydrogens is 305 g/mol. The third-order valence-electron chi connectivity index (χ3n) is 4.31. The van der Waals surface area contributed by atoms with E-state index in [9.17, 15) is 4.39 Å². The highest BCUT2D eigenvalue weighted by Gasteiger charge is 2.15. The molecule has 2 aromatic rings. The molecule has 0 bridgehead atoms. The molecule has 1 unspecified atom stereocenters. The molecule has 1 aliphatic rings. The predicted octanol–water partition coefficient (Wildman–Crippen LogP) is 4.36. The maximum atomic E-state index is 14.0. The average Bonchev–Trinajstić information content (AvgIpc) is 2.60. The third-order valence-corrected chi connectivity index (χ3v) is 4.31. The van der Waals surface area contributed by atoms with Crippen molar-refractivity contribution in [3.8, 4) is 16.9 Å². The number of anilines is 1. The second-order valence-corrected chi connectivity index (χ2v) is 6.51. The maximum Gasteiger partial charge on any atom is 0.127 e. The standard InChI is InChI=1S/C20H24FNO2/c1-22(2)19-7-3-6-16(10-19)17-9-18(21)12-20(11-17)24-14-15-5-4-8-23-13-15/h3,6-7,9-12,15H,4-5,8,13-14H2,1-2H3. The van der Waals surface area contributed by atoms with E-state index >= 15 is 0 Å². The number of hydrogen-bond acceptors (Lipinski definition) is 3. The Morgan fingerprint density at radius 2 is 2.04 bits per heavy atom. The van der Waals surface area contributed by atoms with Gasteiger partial charge in [-0.05, 0) is 48.2 Å². The van der Waals surface area contributed by atoms with Crippen molar-refractivity contribution in [3.63, 3.8) is 0 Å². The van der Waals surface area contributed by atoms with E-state index < -0.39 is 0 Å². The number of benzene rings is 2. The first-order valence-corrected chi connectivity index (χ1v) is 8.41. The zero-order valence-electron chi connectivity index (χ0n) is 14.3. The number of nitrogens with zero attached hydrogens (tertiary/aromatic N) is 1. The first-order chi connectivity index (χ1) is 11.6. The van der Waals surface area contributed by atoms with E-state index in [-0.39, 0.29) is 5.82 Å². The molecule has 0 amide bonds. The van der Waals surface area contributed by atoms with E-state index in [0.717, 1.165) is 42.9 Å². The topological polar surface area (TPSA) is 21.7 Å². The number of hydrogen-bond donors (Lipinski definition) is 0. The van der Waals surface area contributed by atoms with Crippen molar-refractivity contribution in [1.29, 1.82) is 0 Å². The van der Waals surface area contributed by atoms with Gasteiger partial charge in [0.1, 0.15) is 11.6 Å². The smallest absolute Gasteiger partial charge is 0.127 e. The van der Waals surface area contributed by atoms with Crippen molar-refractivity contribution in [1.82, 2.24) is 0 Å². The van der Waals surface area contributed by atoms with Crippen LogP contribution in [-0.2, 0) is 4.74 Å². The largest absolute Gasteiger partial charge is 0.493 e. The van der Waals surface area contributed by atoms with Crippen LogP contribution in [0.3, 0.4) is 0 Å². The molecule has 1 atom stereocenters. The van der Waals surface area contributed by atoms with E-state index in [2.05, 4.69) is 0 Å². The third kappa shape index (κ3) is 4.26. The van der Waals surface area contributed by atoms with E-state index in [0.29, 0.717) is 18.3 Å². The minimum Gasteiger partial charge on any atom is -0.493 e. The van der Waals surface area contributed by atoms with Crippen LogP contribution in [0.1, 0.15) is 12.8 Å². The number of rotatable bonds is 5. The van der Waals surface area contributed by atoms with Crippen molar-refractivity contribution < 1.29 is 13.9 Å². The Hall–Kier alpha value is -2.07. The molecule has 3 rings (SSSR count).